The molecule has 0 fully saturated rings. The van der Waals surface area contributed by atoms with Crippen LogP contribution in [0.3, 0.4) is 0 Å². The summed E-state index contributed by atoms with van der Waals surface area (Å²) in [5, 5.41) is 6.75. The summed E-state index contributed by atoms with van der Waals surface area (Å²) in [6, 6.07) is 59.6. The summed E-state index contributed by atoms with van der Waals surface area (Å²) < 4.78 is 2.49. The molecule has 0 saturated carbocycles. The number of aromatic nitrogens is 4. The van der Waals surface area contributed by atoms with Gasteiger partial charge in [-0.1, -0.05) is 121 Å². The molecule has 4 nitrogen and oxygen atoms in total. The molecule has 0 atom stereocenters. The third kappa shape index (κ3) is 5.05. The first-order valence-electron chi connectivity index (χ1n) is 17.7. The molecule has 0 saturated heterocycles. The normalized spacial score (nSPS) is 11.8. The number of hydrogen-bond donors (Lipinski definition) is 0. The molecule has 5 aromatic heterocycles. The third-order valence-electron chi connectivity index (χ3n) is 10.2. The van der Waals surface area contributed by atoms with Crippen molar-refractivity contribution in [2.45, 2.75) is 0 Å². The predicted octanol–water partition coefficient (Wildman–Crippen LogP) is 12.9. The molecule has 0 radical (unpaired) electrons. The summed E-state index contributed by atoms with van der Waals surface area (Å²) in [7, 11) is 0. The number of rotatable bonds is 4. The van der Waals surface area contributed by atoms with E-state index in [2.05, 4.69) is 133 Å². The maximum atomic E-state index is 5.25. The standard InChI is InChI=1S/C48H28N4S/c1-3-7-29(8-4-1)39-21-15-31-11-13-33-17-23-41(51-47(33)45(31)49-39)35-19-25-43-37(27-35)38-28-36(20-26-44(38)53-43)42-24-18-34-14-12-32-16-22-40(30-9-5-2-6-10-30)50-46(32)48(34)52-42/h1-28H. The largest absolute Gasteiger partial charge is 0.245 e. The van der Waals surface area contributed by atoms with Crippen molar-refractivity contribution in [3.8, 4) is 45.0 Å². The number of benzene rings is 6. The molecule has 0 aliphatic rings. The fraction of sp³-hybridized carbons (Fsp3) is 0. The monoisotopic (exact) mass is 692 g/mol. The van der Waals surface area contributed by atoms with Gasteiger partial charge in [0.2, 0.25) is 0 Å². The average molecular weight is 693 g/mol. The van der Waals surface area contributed by atoms with Crippen LogP contribution < -0.4 is 0 Å². The van der Waals surface area contributed by atoms with E-state index in [1.54, 1.807) is 0 Å². The molecule has 0 aliphatic heterocycles. The Morgan fingerprint density at radius 2 is 0.604 bits per heavy atom. The van der Waals surface area contributed by atoms with Crippen molar-refractivity contribution in [2.75, 3.05) is 0 Å². The predicted molar refractivity (Wildman–Crippen MR) is 222 cm³/mol. The van der Waals surface area contributed by atoms with Crippen LogP contribution in [0.1, 0.15) is 0 Å². The van der Waals surface area contributed by atoms with Crippen molar-refractivity contribution >= 4 is 75.1 Å². The second kappa shape index (κ2) is 11.9. The van der Waals surface area contributed by atoms with E-state index in [9.17, 15) is 0 Å². The summed E-state index contributed by atoms with van der Waals surface area (Å²) in [5.74, 6) is 0. The number of thiophene rings is 1. The van der Waals surface area contributed by atoms with Gasteiger partial charge in [0.15, 0.2) is 0 Å². The molecule has 0 spiro atoms. The average Bonchev–Trinajstić information content (AvgIpc) is 3.60. The van der Waals surface area contributed by atoms with Crippen LogP contribution in [0, 0.1) is 0 Å². The smallest absolute Gasteiger partial charge is 0.0972 e. The minimum Gasteiger partial charge on any atom is -0.245 e. The zero-order valence-electron chi connectivity index (χ0n) is 28.4. The van der Waals surface area contributed by atoms with Gasteiger partial charge in [-0.3, -0.25) is 0 Å². The van der Waals surface area contributed by atoms with Gasteiger partial charge in [-0.2, -0.15) is 0 Å². The van der Waals surface area contributed by atoms with E-state index in [-0.39, 0.29) is 0 Å². The van der Waals surface area contributed by atoms with Crippen molar-refractivity contribution in [1.82, 2.24) is 19.9 Å². The molecule has 5 heteroatoms. The Bertz CT molecular complexity index is 3010. The highest BCUT2D eigenvalue weighted by molar-refractivity contribution is 7.25. The Kier molecular flexibility index (Phi) is 6.69. The van der Waals surface area contributed by atoms with Gasteiger partial charge < -0.3 is 0 Å². The second-order valence-corrected chi connectivity index (χ2v) is 14.5. The lowest BCUT2D eigenvalue weighted by atomic mass is 10.0. The van der Waals surface area contributed by atoms with Gasteiger partial charge in [-0.15, -0.1) is 11.3 Å². The van der Waals surface area contributed by atoms with Crippen LogP contribution in [0.4, 0.5) is 0 Å². The Labute approximate surface area is 308 Å². The van der Waals surface area contributed by atoms with Crippen LogP contribution in [-0.4, -0.2) is 19.9 Å². The van der Waals surface area contributed by atoms with Crippen LogP contribution in [0.5, 0.6) is 0 Å². The summed E-state index contributed by atoms with van der Waals surface area (Å²) in [6.45, 7) is 0. The lowest BCUT2D eigenvalue weighted by Gasteiger charge is -2.09. The molecule has 6 aromatic carbocycles. The van der Waals surface area contributed by atoms with Crippen LogP contribution in [0.2, 0.25) is 0 Å². The van der Waals surface area contributed by atoms with Crippen molar-refractivity contribution < 1.29 is 0 Å². The highest BCUT2D eigenvalue weighted by atomic mass is 32.1. The first kappa shape index (κ1) is 29.9. The number of fused-ring (bicyclic) bond motifs is 9. The Morgan fingerprint density at radius 1 is 0.283 bits per heavy atom. The number of hydrogen-bond acceptors (Lipinski definition) is 5. The lowest BCUT2D eigenvalue weighted by molar-refractivity contribution is 1.37. The Morgan fingerprint density at radius 3 is 0.962 bits per heavy atom. The van der Waals surface area contributed by atoms with E-state index in [0.29, 0.717) is 0 Å². The maximum Gasteiger partial charge on any atom is 0.0972 e. The summed E-state index contributed by atoms with van der Waals surface area (Å²) >= 11 is 1.82. The molecule has 53 heavy (non-hydrogen) atoms. The van der Waals surface area contributed by atoms with E-state index in [1.165, 1.54) is 20.2 Å². The zero-order chi connectivity index (χ0) is 34.9. The molecule has 0 unspecified atom stereocenters. The van der Waals surface area contributed by atoms with Crippen LogP contribution in [0.25, 0.3) is 109 Å². The van der Waals surface area contributed by atoms with E-state index in [1.807, 2.05) is 47.7 Å². The molecule has 0 N–H and O–H groups in total. The molecule has 0 amide bonds. The van der Waals surface area contributed by atoms with Gasteiger partial charge >= 0.3 is 0 Å². The summed E-state index contributed by atoms with van der Waals surface area (Å²) in [4.78, 5) is 20.7. The fourth-order valence-corrected chi connectivity index (χ4v) is 8.56. The van der Waals surface area contributed by atoms with Gasteiger partial charge in [-0.05, 0) is 48.5 Å². The van der Waals surface area contributed by atoms with Crippen molar-refractivity contribution in [1.29, 1.82) is 0 Å². The maximum absolute atomic E-state index is 5.25. The van der Waals surface area contributed by atoms with E-state index in [0.717, 1.165) is 88.6 Å². The van der Waals surface area contributed by atoms with Gasteiger partial charge in [0.1, 0.15) is 0 Å². The van der Waals surface area contributed by atoms with Crippen LogP contribution in [0.15, 0.2) is 170 Å². The lowest BCUT2D eigenvalue weighted by Crippen LogP contribution is -1.91. The van der Waals surface area contributed by atoms with Gasteiger partial charge in [-0.25, -0.2) is 19.9 Å². The second-order valence-electron chi connectivity index (χ2n) is 13.5. The molecular weight excluding hydrogens is 665 g/mol. The van der Waals surface area contributed by atoms with E-state index >= 15 is 0 Å². The first-order chi connectivity index (χ1) is 26.2. The molecule has 11 rings (SSSR count). The quantitative estimate of drug-likeness (QED) is 0.172. The molecule has 5 heterocycles. The topological polar surface area (TPSA) is 51.6 Å². The Hall–Kier alpha value is -6.82. The molecule has 11 aromatic rings. The minimum atomic E-state index is 0.913. The first-order valence-corrected chi connectivity index (χ1v) is 18.5. The SMILES string of the molecule is c1ccc(-c2ccc3ccc4ccc(-c5ccc6sc7ccc(-c8ccc9ccc%10ccc(-c%11ccccc%11)nc%10c9n8)cc7c6c5)nc4c3n2)cc1. The van der Waals surface area contributed by atoms with Crippen molar-refractivity contribution in [3.05, 3.63) is 170 Å². The van der Waals surface area contributed by atoms with Gasteiger partial charge in [0.05, 0.1) is 44.8 Å². The molecule has 0 aliphatic carbocycles. The molecule has 246 valence electrons. The number of nitrogens with zero attached hydrogens (tertiary/aromatic N) is 4. The highest BCUT2D eigenvalue weighted by Gasteiger charge is 2.14. The minimum absolute atomic E-state index is 0.913. The highest BCUT2D eigenvalue weighted by Crippen LogP contribution is 2.39. The fourth-order valence-electron chi connectivity index (χ4n) is 7.49. The summed E-state index contributed by atoms with van der Waals surface area (Å²) in [5.41, 5.74) is 11.8. The summed E-state index contributed by atoms with van der Waals surface area (Å²) in [6.07, 6.45) is 0. The zero-order valence-corrected chi connectivity index (χ0v) is 29.2. The van der Waals surface area contributed by atoms with Crippen molar-refractivity contribution in [2.24, 2.45) is 0 Å². The van der Waals surface area contributed by atoms with Crippen molar-refractivity contribution in [3.63, 3.8) is 0 Å². The van der Waals surface area contributed by atoms with E-state index in [4.69, 9.17) is 19.9 Å². The Balaban J connectivity index is 1.02. The van der Waals surface area contributed by atoms with Gasteiger partial charge in [0, 0.05) is 64.0 Å². The molecule has 0 bridgehead atoms. The van der Waals surface area contributed by atoms with E-state index < -0.39 is 0 Å². The van der Waals surface area contributed by atoms with Crippen LogP contribution in [-0.2, 0) is 0 Å². The van der Waals surface area contributed by atoms with Crippen LogP contribution >= 0.6 is 11.3 Å². The molecular formula is C48H28N4S. The van der Waals surface area contributed by atoms with Gasteiger partial charge in [0.25, 0.3) is 0 Å². The number of pyridine rings is 4. The third-order valence-corrected chi connectivity index (χ3v) is 11.4.